The highest BCUT2D eigenvalue weighted by molar-refractivity contribution is 9.10. The number of nitrogens with zero attached hydrogens (tertiary/aromatic N) is 2. The summed E-state index contributed by atoms with van der Waals surface area (Å²) in [7, 11) is 0. The van der Waals surface area contributed by atoms with Gasteiger partial charge in [-0.3, -0.25) is 4.79 Å². The van der Waals surface area contributed by atoms with Crippen molar-refractivity contribution in [1.82, 2.24) is 10.2 Å². The molecule has 26 heavy (non-hydrogen) atoms. The van der Waals surface area contributed by atoms with Gasteiger partial charge in [0.15, 0.2) is 10.1 Å². The molecule has 0 fully saturated rings. The number of thioether (sulfide) groups is 1. The fourth-order valence-electron chi connectivity index (χ4n) is 2.10. The van der Waals surface area contributed by atoms with E-state index in [9.17, 15) is 4.79 Å². The van der Waals surface area contributed by atoms with Crippen molar-refractivity contribution < 1.29 is 4.79 Å². The van der Waals surface area contributed by atoms with Crippen molar-refractivity contribution in [2.24, 2.45) is 0 Å². The third-order valence-corrected chi connectivity index (χ3v) is 5.88. The van der Waals surface area contributed by atoms with E-state index in [0.29, 0.717) is 10.7 Å². The van der Waals surface area contributed by atoms with Crippen LogP contribution in [0.2, 0.25) is 0 Å². The normalized spacial score (nSPS) is 11.0. The van der Waals surface area contributed by atoms with E-state index < -0.39 is 0 Å². The Morgan fingerprint density at radius 1 is 1.12 bits per heavy atom. The number of rotatable bonds is 8. The van der Waals surface area contributed by atoms with Gasteiger partial charge in [-0.15, -0.1) is 10.2 Å². The molecule has 1 heterocycles. The molecule has 0 radical (unpaired) electrons. The first-order valence-electron chi connectivity index (χ1n) is 7.91. The van der Waals surface area contributed by atoms with Crippen LogP contribution in [0.15, 0.2) is 69.5 Å². The van der Waals surface area contributed by atoms with Crippen molar-refractivity contribution in [3.05, 3.63) is 76.3 Å². The van der Waals surface area contributed by atoms with E-state index >= 15 is 0 Å². The Morgan fingerprint density at radius 3 is 2.65 bits per heavy atom. The van der Waals surface area contributed by atoms with Crippen molar-refractivity contribution in [3.8, 4) is 0 Å². The van der Waals surface area contributed by atoms with E-state index in [0.717, 1.165) is 14.6 Å². The molecule has 1 N–H and O–H groups in total. The molecule has 0 aliphatic rings. The molecule has 0 saturated heterocycles. The molecule has 7 heteroatoms. The number of halogens is 1. The van der Waals surface area contributed by atoms with Crippen LogP contribution in [-0.2, 0) is 0 Å². The predicted molar refractivity (Wildman–Crippen MR) is 113 cm³/mol. The first-order valence-corrected chi connectivity index (χ1v) is 10.5. The van der Waals surface area contributed by atoms with Crippen LogP contribution in [0.3, 0.4) is 0 Å². The molecule has 3 aromatic rings. The fraction of sp³-hybridized carbons (Fsp3) is 0.105. The lowest BCUT2D eigenvalue weighted by Crippen LogP contribution is -2.13. The van der Waals surface area contributed by atoms with Crippen LogP contribution >= 0.6 is 39.0 Å². The van der Waals surface area contributed by atoms with E-state index in [1.54, 1.807) is 23.9 Å². The highest BCUT2D eigenvalue weighted by Gasteiger charge is 2.08. The number of aromatic nitrogens is 2. The zero-order valence-electron chi connectivity index (χ0n) is 13.8. The zero-order chi connectivity index (χ0) is 18.2. The van der Waals surface area contributed by atoms with Crippen LogP contribution in [0, 0.1) is 0 Å². The number of nitrogens with one attached hydrogen (secondary N) is 1. The Kier molecular flexibility index (Phi) is 6.99. The number of benzene rings is 2. The largest absolute Gasteiger partial charge is 0.353 e. The molecule has 0 atom stereocenters. The van der Waals surface area contributed by atoms with Gasteiger partial charge in [-0.1, -0.05) is 93.6 Å². The van der Waals surface area contributed by atoms with Crippen molar-refractivity contribution >= 4 is 56.0 Å². The SMILES string of the molecule is O=C(CNc1nnc(SC/C=C/c2ccccc2)s1)c1ccc(Br)cc1. The van der Waals surface area contributed by atoms with Gasteiger partial charge in [0.05, 0.1) is 6.54 Å². The van der Waals surface area contributed by atoms with E-state index in [1.165, 1.54) is 16.9 Å². The first kappa shape index (κ1) is 18.8. The van der Waals surface area contributed by atoms with Crippen LogP contribution in [-0.4, -0.2) is 28.3 Å². The summed E-state index contributed by atoms with van der Waals surface area (Å²) in [6, 6.07) is 17.5. The maximum atomic E-state index is 12.1. The molecule has 4 nitrogen and oxygen atoms in total. The molecule has 0 aliphatic carbocycles. The molecular formula is C19H16BrN3OS2. The molecule has 0 saturated carbocycles. The Bertz CT molecular complexity index is 879. The summed E-state index contributed by atoms with van der Waals surface area (Å²) in [5.41, 5.74) is 1.85. The molecular weight excluding hydrogens is 430 g/mol. The fourth-order valence-corrected chi connectivity index (χ4v) is 3.95. The summed E-state index contributed by atoms with van der Waals surface area (Å²) in [6.07, 6.45) is 4.19. The van der Waals surface area contributed by atoms with Gasteiger partial charge in [-0.2, -0.15) is 0 Å². The van der Waals surface area contributed by atoms with Crippen molar-refractivity contribution in [2.75, 3.05) is 17.6 Å². The molecule has 0 amide bonds. The van der Waals surface area contributed by atoms with Gasteiger partial charge < -0.3 is 5.32 Å². The van der Waals surface area contributed by atoms with Gasteiger partial charge in [0.2, 0.25) is 5.13 Å². The van der Waals surface area contributed by atoms with Crippen LogP contribution in [0.4, 0.5) is 5.13 Å². The maximum absolute atomic E-state index is 12.1. The zero-order valence-corrected chi connectivity index (χ0v) is 17.0. The minimum absolute atomic E-state index is 0.0210. The van der Waals surface area contributed by atoms with Crippen LogP contribution in [0.5, 0.6) is 0 Å². The van der Waals surface area contributed by atoms with Crippen molar-refractivity contribution in [2.45, 2.75) is 4.34 Å². The maximum Gasteiger partial charge on any atom is 0.206 e. The molecule has 132 valence electrons. The smallest absolute Gasteiger partial charge is 0.206 e. The Morgan fingerprint density at radius 2 is 1.88 bits per heavy atom. The van der Waals surface area contributed by atoms with E-state index in [4.69, 9.17) is 0 Å². The second kappa shape index (κ2) is 9.66. The van der Waals surface area contributed by atoms with Gasteiger partial charge >= 0.3 is 0 Å². The minimum Gasteiger partial charge on any atom is -0.353 e. The number of carbonyl (C=O) groups excluding carboxylic acids is 1. The Balaban J connectivity index is 1.45. The average Bonchev–Trinajstić information content (AvgIpc) is 3.12. The molecule has 2 aromatic carbocycles. The number of anilines is 1. The number of ketones is 1. The summed E-state index contributed by atoms with van der Waals surface area (Å²) in [5.74, 6) is 0.842. The number of Topliss-reactive ketones (excluding diaryl/α,β-unsaturated/α-hetero) is 1. The predicted octanol–water partition coefficient (Wildman–Crippen LogP) is 5.40. The van der Waals surface area contributed by atoms with Gasteiger partial charge in [0, 0.05) is 15.8 Å². The monoisotopic (exact) mass is 445 g/mol. The van der Waals surface area contributed by atoms with E-state index in [1.807, 2.05) is 30.3 Å². The summed E-state index contributed by atoms with van der Waals surface area (Å²) < 4.78 is 1.83. The molecule has 0 bridgehead atoms. The summed E-state index contributed by atoms with van der Waals surface area (Å²) in [5, 5.41) is 11.9. The average molecular weight is 446 g/mol. The lowest BCUT2D eigenvalue weighted by molar-refractivity contribution is 0.101. The number of hydrogen-bond acceptors (Lipinski definition) is 6. The summed E-state index contributed by atoms with van der Waals surface area (Å²) in [6.45, 7) is 0.203. The van der Waals surface area contributed by atoms with Crippen LogP contribution < -0.4 is 5.32 Å². The lowest BCUT2D eigenvalue weighted by atomic mass is 10.1. The Hall–Kier alpha value is -1.96. The third-order valence-electron chi connectivity index (χ3n) is 3.39. The van der Waals surface area contributed by atoms with Gasteiger partial charge in [0.25, 0.3) is 0 Å². The molecule has 0 unspecified atom stereocenters. The molecule has 3 rings (SSSR count). The van der Waals surface area contributed by atoms with Gasteiger partial charge in [-0.05, 0) is 17.7 Å². The third kappa shape index (κ3) is 5.79. The lowest BCUT2D eigenvalue weighted by Gasteiger charge is -2.01. The topological polar surface area (TPSA) is 54.9 Å². The summed E-state index contributed by atoms with van der Waals surface area (Å²) in [4.78, 5) is 12.1. The van der Waals surface area contributed by atoms with E-state index in [2.05, 4.69) is 55.7 Å². The van der Waals surface area contributed by atoms with Gasteiger partial charge in [-0.25, -0.2) is 0 Å². The summed E-state index contributed by atoms with van der Waals surface area (Å²) >= 11 is 6.44. The molecule has 0 aliphatic heterocycles. The minimum atomic E-state index is 0.0210. The highest BCUT2D eigenvalue weighted by Crippen LogP contribution is 2.25. The standard InChI is InChI=1S/C19H16BrN3OS2/c20-16-10-8-15(9-11-16)17(24)13-21-18-22-23-19(26-18)25-12-4-7-14-5-2-1-3-6-14/h1-11H,12-13H2,(H,21,22)/b7-4+. The van der Waals surface area contributed by atoms with Crippen LogP contribution in [0.1, 0.15) is 15.9 Å². The highest BCUT2D eigenvalue weighted by atomic mass is 79.9. The van der Waals surface area contributed by atoms with E-state index in [-0.39, 0.29) is 12.3 Å². The molecule has 1 aromatic heterocycles. The van der Waals surface area contributed by atoms with Crippen molar-refractivity contribution in [3.63, 3.8) is 0 Å². The number of hydrogen-bond donors (Lipinski definition) is 1. The Labute approximate surface area is 168 Å². The quantitative estimate of drug-likeness (QED) is 0.371. The molecule has 0 spiro atoms. The van der Waals surface area contributed by atoms with Crippen molar-refractivity contribution in [1.29, 1.82) is 0 Å². The van der Waals surface area contributed by atoms with Gasteiger partial charge in [0.1, 0.15) is 0 Å². The second-order valence-electron chi connectivity index (χ2n) is 5.28. The number of carbonyl (C=O) groups is 1. The second-order valence-corrected chi connectivity index (χ2v) is 8.44. The van der Waals surface area contributed by atoms with Crippen LogP contribution in [0.25, 0.3) is 6.08 Å². The first-order chi connectivity index (χ1) is 12.7.